The van der Waals surface area contributed by atoms with Crippen LogP contribution >= 0.6 is 11.3 Å². The molecule has 0 saturated carbocycles. The Morgan fingerprint density at radius 3 is 2.58 bits per heavy atom. The topological polar surface area (TPSA) is 3.01 Å². The minimum Gasteiger partial charge on any atom is -0.198 e. The van der Waals surface area contributed by atoms with Crippen molar-refractivity contribution < 1.29 is 4.58 Å². The van der Waals surface area contributed by atoms with Crippen LogP contribution in [0.15, 0.2) is 47.2 Å². The second-order valence-corrected chi connectivity index (χ2v) is 6.26. The first kappa shape index (κ1) is 12.4. The van der Waals surface area contributed by atoms with Crippen LogP contribution in [-0.2, 0) is 5.41 Å². The highest BCUT2D eigenvalue weighted by atomic mass is 32.1. The molecule has 0 bridgehead atoms. The minimum absolute atomic E-state index is 0.0673. The summed E-state index contributed by atoms with van der Waals surface area (Å²) in [4.78, 5) is 0. The molecule has 0 aliphatic carbocycles. The molecule has 1 nitrogen and oxygen atoms in total. The van der Waals surface area contributed by atoms with Gasteiger partial charge in [0.25, 0.3) is 0 Å². The summed E-state index contributed by atoms with van der Waals surface area (Å²) in [6.07, 6.45) is 4.46. The van der Waals surface area contributed by atoms with Crippen molar-refractivity contribution in [3.05, 3.63) is 58.3 Å². The summed E-state index contributed by atoms with van der Waals surface area (Å²) in [5.74, 6) is 0. The summed E-state index contributed by atoms with van der Waals surface area (Å²) in [6.45, 7) is 4.59. The van der Waals surface area contributed by atoms with Crippen molar-refractivity contribution >= 4 is 28.8 Å². The molecule has 3 rings (SSSR count). The molecule has 2 heterocycles. The fourth-order valence-corrected chi connectivity index (χ4v) is 3.48. The molecule has 0 fully saturated rings. The van der Waals surface area contributed by atoms with Gasteiger partial charge in [0.15, 0.2) is 5.71 Å². The van der Waals surface area contributed by atoms with Crippen LogP contribution in [0, 0.1) is 0 Å². The van der Waals surface area contributed by atoms with Gasteiger partial charge in [-0.3, -0.25) is 0 Å². The summed E-state index contributed by atoms with van der Waals surface area (Å²) in [5.41, 5.74) is 5.41. The summed E-state index contributed by atoms with van der Waals surface area (Å²) in [5, 5.41) is 4.29. The molecule has 0 spiro atoms. The summed E-state index contributed by atoms with van der Waals surface area (Å²) in [6, 6.07) is 10.8. The fraction of sp³-hybridized carbons (Fsp3) is 0.235. The Morgan fingerprint density at radius 2 is 1.89 bits per heavy atom. The lowest BCUT2D eigenvalue weighted by atomic mass is 9.81. The molecule has 1 aromatic carbocycles. The lowest BCUT2D eigenvalue weighted by Crippen LogP contribution is -2.26. The predicted molar refractivity (Wildman–Crippen MR) is 83.7 cm³/mol. The SMILES string of the molecule is C[N+]1=C(/C=C/c2ccsc2)C(C)(C)c2ccccc21. The monoisotopic (exact) mass is 268 g/mol. The zero-order chi connectivity index (χ0) is 13.5. The van der Waals surface area contributed by atoms with Crippen LogP contribution in [0.5, 0.6) is 0 Å². The first-order valence-corrected chi connectivity index (χ1v) is 7.46. The van der Waals surface area contributed by atoms with E-state index in [4.69, 9.17) is 0 Å². The van der Waals surface area contributed by atoms with Crippen molar-refractivity contribution in [3.63, 3.8) is 0 Å². The van der Waals surface area contributed by atoms with Gasteiger partial charge in [-0.15, -0.1) is 0 Å². The van der Waals surface area contributed by atoms with Crippen LogP contribution < -0.4 is 0 Å². The van der Waals surface area contributed by atoms with Crippen molar-refractivity contribution in [1.29, 1.82) is 0 Å². The average Bonchev–Trinajstić information content (AvgIpc) is 2.97. The van der Waals surface area contributed by atoms with Crippen molar-refractivity contribution in [1.82, 2.24) is 0 Å². The quantitative estimate of drug-likeness (QED) is 0.707. The van der Waals surface area contributed by atoms with Crippen LogP contribution in [0.1, 0.15) is 25.0 Å². The van der Waals surface area contributed by atoms with Gasteiger partial charge >= 0.3 is 0 Å². The zero-order valence-corrected chi connectivity index (χ0v) is 12.4. The molecule has 0 N–H and O–H groups in total. The van der Waals surface area contributed by atoms with Gasteiger partial charge in [0, 0.05) is 17.7 Å². The van der Waals surface area contributed by atoms with E-state index < -0.39 is 0 Å². The molecule has 0 saturated heterocycles. The van der Waals surface area contributed by atoms with Gasteiger partial charge in [-0.25, -0.2) is 0 Å². The maximum Gasteiger partial charge on any atom is 0.209 e. The zero-order valence-electron chi connectivity index (χ0n) is 11.6. The summed E-state index contributed by atoms with van der Waals surface area (Å²) >= 11 is 1.74. The molecule has 1 aromatic heterocycles. The largest absolute Gasteiger partial charge is 0.209 e. The first-order chi connectivity index (χ1) is 9.10. The van der Waals surface area contributed by atoms with Crippen molar-refractivity contribution in [2.24, 2.45) is 0 Å². The van der Waals surface area contributed by atoms with E-state index in [9.17, 15) is 0 Å². The number of fused-ring (bicyclic) bond motifs is 1. The minimum atomic E-state index is 0.0673. The van der Waals surface area contributed by atoms with Crippen LogP contribution in [-0.4, -0.2) is 17.3 Å². The number of allylic oxidation sites excluding steroid dienone is 1. The van der Waals surface area contributed by atoms with Crippen LogP contribution in [0.4, 0.5) is 5.69 Å². The molecule has 19 heavy (non-hydrogen) atoms. The van der Waals surface area contributed by atoms with Crippen LogP contribution in [0.3, 0.4) is 0 Å². The molecule has 0 radical (unpaired) electrons. The predicted octanol–water partition coefficient (Wildman–Crippen LogP) is 4.47. The average molecular weight is 268 g/mol. The number of benzene rings is 1. The van der Waals surface area contributed by atoms with Gasteiger partial charge in [0.1, 0.15) is 7.05 Å². The normalized spacial score (nSPS) is 17.2. The Balaban J connectivity index is 2.05. The second kappa shape index (κ2) is 4.46. The lowest BCUT2D eigenvalue weighted by molar-refractivity contribution is -0.401. The third-order valence-electron chi connectivity index (χ3n) is 3.92. The second-order valence-electron chi connectivity index (χ2n) is 5.48. The fourth-order valence-electron chi connectivity index (χ4n) is 2.85. The van der Waals surface area contributed by atoms with Gasteiger partial charge in [-0.2, -0.15) is 15.9 Å². The Hall–Kier alpha value is -1.67. The van der Waals surface area contributed by atoms with Crippen molar-refractivity contribution in [3.8, 4) is 0 Å². The number of hydrogen-bond acceptors (Lipinski definition) is 1. The maximum atomic E-state index is 2.30. The molecule has 1 aliphatic heterocycles. The number of rotatable bonds is 2. The number of hydrogen-bond donors (Lipinski definition) is 0. The number of para-hydroxylation sites is 1. The molecule has 1 aliphatic rings. The van der Waals surface area contributed by atoms with E-state index >= 15 is 0 Å². The Kier molecular flexibility index (Phi) is 2.90. The van der Waals surface area contributed by atoms with E-state index in [1.165, 1.54) is 22.5 Å². The van der Waals surface area contributed by atoms with Gasteiger partial charge in [0.05, 0.1) is 5.41 Å². The summed E-state index contributed by atoms with van der Waals surface area (Å²) in [7, 11) is 2.15. The maximum absolute atomic E-state index is 2.30. The Bertz CT molecular complexity index is 660. The van der Waals surface area contributed by atoms with Gasteiger partial charge < -0.3 is 0 Å². The van der Waals surface area contributed by atoms with Gasteiger partial charge in [-0.05, 0) is 42.3 Å². The molecule has 96 valence electrons. The number of nitrogens with zero attached hydrogens (tertiary/aromatic N) is 1. The van der Waals surface area contributed by atoms with E-state index in [1.54, 1.807) is 11.3 Å². The molecule has 0 unspecified atom stereocenters. The molecule has 2 heteroatoms. The lowest BCUT2D eigenvalue weighted by Gasteiger charge is -2.15. The Morgan fingerprint density at radius 1 is 1.11 bits per heavy atom. The van der Waals surface area contributed by atoms with Gasteiger partial charge in [-0.1, -0.05) is 18.2 Å². The van der Waals surface area contributed by atoms with Crippen LogP contribution in [0.2, 0.25) is 0 Å². The third-order valence-corrected chi connectivity index (χ3v) is 4.62. The van der Waals surface area contributed by atoms with E-state index in [0.717, 1.165) is 0 Å². The smallest absolute Gasteiger partial charge is 0.198 e. The highest BCUT2D eigenvalue weighted by Crippen LogP contribution is 2.39. The van der Waals surface area contributed by atoms with E-state index in [1.807, 2.05) is 0 Å². The highest BCUT2D eigenvalue weighted by molar-refractivity contribution is 7.08. The van der Waals surface area contributed by atoms with Crippen molar-refractivity contribution in [2.75, 3.05) is 7.05 Å². The third kappa shape index (κ3) is 1.96. The van der Waals surface area contributed by atoms with Crippen LogP contribution in [0.25, 0.3) is 6.08 Å². The van der Waals surface area contributed by atoms with E-state index in [-0.39, 0.29) is 5.41 Å². The van der Waals surface area contributed by atoms with E-state index in [0.29, 0.717) is 0 Å². The molecule has 2 aromatic rings. The Labute approximate surface area is 118 Å². The van der Waals surface area contributed by atoms with Gasteiger partial charge in [0.2, 0.25) is 5.69 Å². The molecule has 0 atom stereocenters. The molecular formula is C17H18NS+. The summed E-state index contributed by atoms with van der Waals surface area (Å²) < 4.78 is 2.30. The molecule has 0 amide bonds. The molecular weight excluding hydrogens is 250 g/mol. The van der Waals surface area contributed by atoms with E-state index in [2.05, 4.69) is 78.7 Å². The number of thiophene rings is 1. The van der Waals surface area contributed by atoms with Crippen molar-refractivity contribution in [2.45, 2.75) is 19.3 Å². The standard InChI is InChI=1S/C17H18NS/c1-17(2)14-6-4-5-7-15(14)18(3)16(17)9-8-13-10-11-19-12-13/h4-12H,1-3H3/q+1/b9-8+. The first-order valence-electron chi connectivity index (χ1n) is 6.51. The highest BCUT2D eigenvalue weighted by Gasteiger charge is 2.42.